The molecule has 0 atom stereocenters. The maximum atomic E-state index is 11.8. The van der Waals surface area contributed by atoms with Gasteiger partial charge in [0.15, 0.2) is 0 Å². The molecule has 5 heteroatoms. The van der Waals surface area contributed by atoms with Crippen molar-refractivity contribution in [3.05, 3.63) is 33.8 Å². The molecule has 0 saturated carbocycles. The van der Waals surface area contributed by atoms with Gasteiger partial charge in [0.05, 0.1) is 19.8 Å². The Kier molecular flexibility index (Phi) is 6.93. The quantitative estimate of drug-likeness (QED) is 0.784. The second kappa shape index (κ2) is 8.24. The van der Waals surface area contributed by atoms with Crippen molar-refractivity contribution in [2.45, 2.75) is 6.92 Å². The average Bonchev–Trinajstić information content (AvgIpc) is 2.32. The predicted molar refractivity (Wildman–Crippen MR) is 73.9 cm³/mol. The number of hydrogen-bond acceptors (Lipinski definition) is 3. The van der Waals surface area contributed by atoms with Crippen molar-refractivity contribution in [3.63, 3.8) is 0 Å². The highest BCUT2D eigenvalue weighted by atomic mass is 79.9. The molecular weight excluding hydrogens is 298 g/mol. The smallest absolute Gasteiger partial charge is 0.251 e. The van der Waals surface area contributed by atoms with Crippen LogP contribution in [0.3, 0.4) is 0 Å². The van der Waals surface area contributed by atoms with Crippen LogP contribution in [0, 0.1) is 6.92 Å². The first-order valence-corrected chi connectivity index (χ1v) is 6.55. The normalized spacial score (nSPS) is 10.4. The molecule has 0 fully saturated rings. The maximum absolute atomic E-state index is 11.8. The molecule has 0 radical (unpaired) electrons. The molecule has 1 aromatic carbocycles. The summed E-state index contributed by atoms with van der Waals surface area (Å²) in [6, 6.07) is 5.62. The summed E-state index contributed by atoms with van der Waals surface area (Å²) >= 11 is 3.37. The summed E-state index contributed by atoms with van der Waals surface area (Å²) in [5.74, 6) is -0.0882. The first-order valence-electron chi connectivity index (χ1n) is 5.75. The van der Waals surface area contributed by atoms with E-state index in [4.69, 9.17) is 9.47 Å². The third-order valence-corrected chi connectivity index (χ3v) is 2.73. The van der Waals surface area contributed by atoms with E-state index < -0.39 is 0 Å². The van der Waals surface area contributed by atoms with Crippen molar-refractivity contribution in [1.29, 1.82) is 0 Å². The molecule has 100 valence electrons. The van der Waals surface area contributed by atoms with Crippen LogP contribution in [-0.4, -0.2) is 39.4 Å². The van der Waals surface area contributed by atoms with Crippen molar-refractivity contribution >= 4 is 21.8 Å². The number of ether oxygens (including phenoxy) is 2. The van der Waals surface area contributed by atoms with Crippen LogP contribution in [-0.2, 0) is 9.47 Å². The zero-order valence-electron chi connectivity index (χ0n) is 10.7. The molecule has 0 aliphatic carbocycles. The van der Waals surface area contributed by atoms with E-state index in [2.05, 4.69) is 21.2 Å². The van der Waals surface area contributed by atoms with Gasteiger partial charge < -0.3 is 14.8 Å². The number of nitrogens with one attached hydrogen (secondary N) is 1. The molecule has 0 bridgehead atoms. The first-order chi connectivity index (χ1) is 8.63. The van der Waals surface area contributed by atoms with Crippen LogP contribution in [0.5, 0.6) is 0 Å². The van der Waals surface area contributed by atoms with Gasteiger partial charge in [-0.3, -0.25) is 4.79 Å². The molecular formula is C13H18BrNO3. The number of carbonyl (C=O) groups is 1. The minimum atomic E-state index is -0.0882. The lowest BCUT2D eigenvalue weighted by Gasteiger charge is -2.07. The second-order valence-electron chi connectivity index (χ2n) is 3.88. The fourth-order valence-electron chi connectivity index (χ4n) is 1.45. The highest BCUT2D eigenvalue weighted by molar-refractivity contribution is 9.10. The summed E-state index contributed by atoms with van der Waals surface area (Å²) < 4.78 is 11.0. The summed E-state index contributed by atoms with van der Waals surface area (Å²) in [5, 5.41) is 2.80. The number of benzene rings is 1. The molecule has 0 heterocycles. The molecule has 1 N–H and O–H groups in total. The fourth-order valence-corrected chi connectivity index (χ4v) is 2.06. The lowest BCUT2D eigenvalue weighted by Crippen LogP contribution is -2.27. The molecule has 0 unspecified atom stereocenters. The van der Waals surface area contributed by atoms with Crippen LogP contribution in [0.4, 0.5) is 0 Å². The summed E-state index contributed by atoms with van der Waals surface area (Å²) in [6.07, 6.45) is 0. The largest absolute Gasteiger partial charge is 0.382 e. The Morgan fingerprint density at radius 2 is 2.06 bits per heavy atom. The monoisotopic (exact) mass is 315 g/mol. The molecule has 0 aliphatic heterocycles. The molecule has 1 amide bonds. The van der Waals surface area contributed by atoms with Crippen molar-refractivity contribution < 1.29 is 14.3 Å². The molecule has 0 aromatic heterocycles. The fraction of sp³-hybridized carbons (Fsp3) is 0.462. The summed E-state index contributed by atoms with van der Waals surface area (Å²) in [4.78, 5) is 11.8. The standard InChI is InChI=1S/C13H18BrNO3/c1-10-7-11(9-12(14)8-10)13(16)15-3-4-18-6-5-17-2/h7-9H,3-6H2,1-2H3,(H,15,16). The van der Waals surface area contributed by atoms with Gasteiger partial charge in [0, 0.05) is 23.7 Å². The second-order valence-corrected chi connectivity index (χ2v) is 4.79. The van der Waals surface area contributed by atoms with Crippen molar-refractivity contribution in [1.82, 2.24) is 5.32 Å². The van der Waals surface area contributed by atoms with Gasteiger partial charge in [-0.2, -0.15) is 0 Å². The minimum Gasteiger partial charge on any atom is -0.382 e. The van der Waals surface area contributed by atoms with Gasteiger partial charge in [0.2, 0.25) is 0 Å². The predicted octanol–water partition coefficient (Wildman–Crippen LogP) is 2.15. The maximum Gasteiger partial charge on any atom is 0.251 e. The van der Waals surface area contributed by atoms with E-state index in [1.54, 1.807) is 13.2 Å². The van der Waals surface area contributed by atoms with E-state index in [1.807, 2.05) is 19.1 Å². The Hall–Kier alpha value is -0.910. The molecule has 0 aliphatic rings. The Morgan fingerprint density at radius 1 is 1.28 bits per heavy atom. The zero-order valence-corrected chi connectivity index (χ0v) is 12.2. The van der Waals surface area contributed by atoms with Gasteiger partial charge in [0.25, 0.3) is 5.91 Å². The molecule has 4 nitrogen and oxygen atoms in total. The summed E-state index contributed by atoms with van der Waals surface area (Å²) in [7, 11) is 1.63. The first kappa shape index (κ1) is 15.1. The van der Waals surface area contributed by atoms with Crippen LogP contribution >= 0.6 is 15.9 Å². The van der Waals surface area contributed by atoms with Gasteiger partial charge >= 0.3 is 0 Å². The number of halogens is 1. The third kappa shape index (κ3) is 5.62. The van der Waals surface area contributed by atoms with E-state index in [-0.39, 0.29) is 5.91 Å². The third-order valence-electron chi connectivity index (χ3n) is 2.27. The zero-order chi connectivity index (χ0) is 13.4. The average molecular weight is 316 g/mol. The Bertz CT molecular complexity index is 376. The van der Waals surface area contributed by atoms with Gasteiger partial charge in [-0.15, -0.1) is 0 Å². The van der Waals surface area contributed by atoms with E-state index in [0.717, 1.165) is 10.0 Å². The van der Waals surface area contributed by atoms with Gasteiger partial charge in [-0.1, -0.05) is 15.9 Å². The van der Waals surface area contributed by atoms with Crippen LogP contribution in [0.15, 0.2) is 22.7 Å². The van der Waals surface area contributed by atoms with E-state index in [0.29, 0.717) is 31.9 Å². The van der Waals surface area contributed by atoms with Crippen LogP contribution < -0.4 is 5.32 Å². The highest BCUT2D eigenvalue weighted by Crippen LogP contribution is 2.15. The Morgan fingerprint density at radius 3 is 2.72 bits per heavy atom. The number of rotatable bonds is 7. The highest BCUT2D eigenvalue weighted by Gasteiger charge is 2.06. The van der Waals surface area contributed by atoms with Crippen LogP contribution in [0.2, 0.25) is 0 Å². The number of methoxy groups -OCH3 is 1. The van der Waals surface area contributed by atoms with E-state index >= 15 is 0 Å². The van der Waals surface area contributed by atoms with Gasteiger partial charge in [-0.05, 0) is 30.7 Å². The van der Waals surface area contributed by atoms with Gasteiger partial charge in [0.1, 0.15) is 0 Å². The number of hydrogen-bond donors (Lipinski definition) is 1. The topological polar surface area (TPSA) is 47.6 Å². The Labute approximate surface area is 116 Å². The lowest BCUT2D eigenvalue weighted by atomic mass is 10.1. The summed E-state index contributed by atoms with van der Waals surface area (Å²) in [5.41, 5.74) is 1.70. The van der Waals surface area contributed by atoms with Crippen LogP contribution in [0.1, 0.15) is 15.9 Å². The molecule has 1 aromatic rings. The number of carbonyl (C=O) groups excluding carboxylic acids is 1. The molecule has 0 saturated heterocycles. The van der Waals surface area contributed by atoms with Gasteiger partial charge in [-0.25, -0.2) is 0 Å². The molecule has 0 spiro atoms. The van der Waals surface area contributed by atoms with Crippen LogP contribution in [0.25, 0.3) is 0 Å². The lowest BCUT2D eigenvalue weighted by molar-refractivity contribution is 0.0692. The SMILES string of the molecule is COCCOCCNC(=O)c1cc(C)cc(Br)c1. The Balaban J connectivity index is 2.32. The number of amides is 1. The number of aryl methyl sites for hydroxylation is 1. The summed E-state index contributed by atoms with van der Waals surface area (Å²) in [6.45, 7) is 4.05. The van der Waals surface area contributed by atoms with E-state index in [1.165, 1.54) is 0 Å². The molecule has 18 heavy (non-hydrogen) atoms. The van der Waals surface area contributed by atoms with Crippen molar-refractivity contribution in [3.8, 4) is 0 Å². The van der Waals surface area contributed by atoms with Crippen molar-refractivity contribution in [2.24, 2.45) is 0 Å². The van der Waals surface area contributed by atoms with Crippen molar-refractivity contribution in [2.75, 3.05) is 33.5 Å². The minimum absolute atomic E-state index is 0.0882. The molecule has 1 rings (SSSR count). The van der Waals surface area contributed by atoms with E-state index in [9.17, 15) is 4.79 Å².